The molecule has 1 aromatic heterocycles. The number of anilines is 1. The van der Waals surface area contributed by atoms with Gasteiger partial charge >= 0.3 is 0 Å². The maximum Gasteiger partial charge on any atom is 0.228 e. The molecule has 1 atom stereocenters. The van der Waals surface area contributed by atoms with Gasteiger partial charge in [0.25, 0.3) is 0 Å². The van der Waals surface area contributed by atoms with Crippen LogP contribution >= 0.6 is 0 Å². The van der Waals surface area contributed by atoms with Gasteiger partial charge in [-0.15, -0.1) is 0 Å². The minimum Gasteiger partial charge on any atom is -0.369 e. The van der Waals surface area contributed by atoms with E-state index in [9.17, 15) is 4.79 Å². The van der Waals surface area contributed by atoms with E-state index in [4.69, 9.17) is 5.26 Å². The Balaban J connectivity index is 1.41. The molecule has 36 heavy (non-hydrogen) atoms. The molecule has 1 amide bonds. The van der Waals surface area contributed by atoms with Gasteiger partial charge in [-0.1, -0.05) is 56.3 Å². The average Bonchev–Trinajstić information content (AvgIpc) is 2.91. The second-order valence-electron chi connectivity index (χ2n) is 9.81. The van der Waals surface area contributed by atoms with Gasteiger partial charge in [0.2, 0.25) is 5.91 Å². The molecule has 1 N–H and O–H groups in total. The molecule has 2 aromatic carbocycles. The fraction of sp³-hybridized carbons (Fsp3) is 0.367. The molecule has 0 bridgehead atoms. The van der Waals surface area contributed by atoms with Crippen LogP contribution in [0.4, 0.5) is 5.69 Å². The molecular formula is C30H35N5O. The predicted molar refractivity (Wildman–Crippen MR) is 144 cm³/mol. The first kappa shape index (κ1) is 25.4. The standard InChI is InChI=1S/C30H35N5O/c1-23(2)20-29(30(36)33-15-13-31)26-7-5-6-25(21-26)24-9-11-28(12-10-24)35-18-16-34(17-19-35)22-27-8-3-4-14-32-27/h3-12,14,21,23,29H,15-20,22H2,1-2H3,(H,33,36)/t29-/m1/s1. The number of hydrogen-bond acceptors (Lipinski definition) is 5. The van der Waals surface area contributed by atoms with Gasteiger partial charge in [0, 0.05) is 44.6 Å². The number of piperazine rings is 1. The highest BCUT2D eigenvalue weighted by Gasteiger charge is 2.22. The summed E-state index contributed by atoms with van der Waals surface area (Å²) in [4.78, 5) is 22.1. The van der Waals surface area contributed by atoms with Crippen molar-refractivity contribution in [3.05, 3.63) is 84.2 Å². The van der Waals surface area contributed by atoms with Crippen LogP contribution in [0.5, 0.6) is 0 Å². The molecule has 0 unspecified atom stereocenters. The topological polar surface area (TPSA) is 72.3 Å². The van der Waals surface area contributed by atoms with E-state index >= 15 is 0 Å². The van der Waals surface area contributed by atoms with Crippen LogP contribution in [0.2, 0.25) is 0 Å². The number of amides is 1. The maximum atomic E-state index is 12.8. The normalized spacial score (nSPS) is 14.9. The van der Waals surface area contributed by atoms with E-state index in [1.54, 1.807) is 0 Å². The number of carbonyl (C=O) groups excluding carboxylic acids is 1. The van der Waals surface area contributed by atoms with Crippen LogP contribution in [0.25, 0.3) is 11.1 Å². The first-order chi connectivity index (χ1) is 17.5. The Morgan fingerprint density at radius 1 is 1.00 bits per heavy atom. The first-order valence-electron chi connectivity index (χ1n) is 12.8. The molecule has 1 aliphatic rings. The van der Waals surface area contributed by atoms with Crippen molar-refractivity contribution in [1.82, 2.24) is 15.2 Å². The SMILES string of the molecule is CC(C)C[C@@H](C(=O)NCC#N)c1cccc(-c2ccc(N3CCN(Cc4ccccn4)CC3)cc2)c1. The van der Waals surface area contributed by atoms with Gasteiger partial charge in [0.15, 0.2) is 0 Å². The van der Waals surface area contributed by atoms with Crippen LogP contribution in [-0.2, 0) is 11.3 Å². The van der Waals surface area contributed by atoms with Gasteiger partial charge in [-0.2, -0.15) is 5.26 Å². The summed E-state index contributed by atoms with van der Waals surface area (Å²) in [6.45, 7) is 9.20. The van der Waals surface area contributed by atoms with Crippen molar-refractivity contribution in [1.29, 1.82) is 5.26 Å². The van der Waals surface area contributed by atoms with Gasteiger partial charge in [0.1, 0.15) is 6.54 Å². The molecule has 0 saturated carbocycles. The molecular weight excluding hydrogens is 446 g/mol. The van der Waals surface area contributed by atoms with Crippen LogP contribution in [0, 0.1) is 17.2 Å². The summed E-state index contributed by atoms with van der Waals surface area (Å²) in [6, 6.07) is 25.1. The first-order valence-corrected chi connectivity index (χ1v) is 12.8. The highest BCUT2D eigenvalue weighted by Crippen LogP contribution is 2.30. The Morgan fingerprint density at radius 2 is 1.78 bits per heavy atom. The Morgan fingerprint density at radius 3 is 2.44 bits per heavy atom. The third kappa shape index (κ3) is 6.71. The van der Waals surface area contributed by atoms with Gasteiger partial charge in [-0.05, 0) is 53.3 Å². The summed E-state index contributed by atoms with van der Waals surface area (Å²) in [5, 5.41) is 11.6. The van der Waals surface area contributed by atoms with E-state index in [2.05, 4.69) is 76.4 Å². The van der Waals surface area contributed by atoms with Crippen molar-refractivity contribution >= 4 is 11.6 Å². The number of nitrogens with one attached hydrogen (secondary N) is 1. The molecule has 2 heterocycles. The predicted octanol–water partition coefficient (Wildman–Crippen LogP) is 4.84. The number of rotatable bonds is 9. The molecule has 186 valence electrons. The quantitative estimate of drug-likeness (QED) is 0.443. The number of hydrogen-bond donors (Lipinski definition) is 1. The minimum absolute atomic E-state index is 0.0337. The van der Waals surface area contributed by atoms with E-state index in [-0.39, 0.29) is 18.4 Å². The zero-order valence-electron chi connectivity index (χ0n) is 21.2. The van der Waals surface area contributed by atoms with Gasteiger partial charge in [-0.25, -0.2) is 0 Å². The van der Waals surface area contributed by atoms with Crippen molar-refractivity contribution in [2.24, 2.45) is 5.92 Å². The molecule has 6 heteroatoms. The molecule has 1 fully saturated rings. The monoisotopic (exact) mass is 481 g/mol. The highest BCUT2D eigenvalue weighted by molar-refractivity contribution is 5.84. The van der Waals surface area contributed by atoms with Gasteiger partial charge in [0.05, 0.1) is 17.7 Å². The van der Waals surface area contributed by atoms with E-state index in [0.717, 1.165) is 61.5 Å². The summed E-state index contributed by atoms with van der Waals surface area (Å²) in [5.41, 5.74) is 5.58. The lowest BCUT2D eigenvalue weighted by atomic mass is 9.88. The van der Waals surface area contributed by atoms with Crippen LogP contribution < -0.4 is 10.2 Å². The summed E-state index contributed by atoms with van der Waals surface area (Å²) >= 11 is 0. The third-order valence-electron chi connectivity index (χ3n) is 6.70. The van der Waals surface area contributed by atoms with Crippen LogP contribution in [-0.4, -0.2) is 48.5 Å². The van der Waals surface area contributed by atoms with Crippen molar-refractivity contribution in [2.75, 3.05) is 37.6 Å². The van der Waals surface area contributed by atoms with E-state index < -0.39 is 0 Å². The van der Waals surface area contributed by atoms with Gasteiger partial charge < -0.3 is 10.2 Å². The second-order valence-corrected chi connectivity index (χ2v) is 9.81. The zero-order valence-corrected chi connectivity index (χ0v) is 21.2. The Bertz CT molecular complexity index is 1160. The van der Waals surface area contributed by atoms with Gasteiger partial charge in [-0.3, -0.25) is 14.7 Å². The van der Waals surface area contributed by atoms with Crippen molar-refractivity contribution in [3.63, 3.8) is 0 Å². The molecule has 4 rings (SSSR count). The second kappa shape index (κ2) is 12.3. The van der Waals surface area contributed by atoms with E-state index in [1.807, 2.05) is 36.5 Å². The lowest BCUT2D eigenvalue weighted by Crippen LogP contribution is -2.46. The molecule has 0 radical (unpaired) electrons. The molecule has 6 nitrogen and oxygen atoms in total. The fourth-order valence-electron chi connectivity index (χ4n) is 4.80. The number of nitrogens with zero attached hydrogens (tertiary/aromatic N) is 4. The zero-order chi connectivity index (χ0) is 25.3. The largest absolute Gasteiger partial charge is 0.369 e. The maximum absolute atomic E-state index is 12.8. The molecule has 1 saturated heterocycles. The summed E-state index contributed by atoms with van der Waals surface area (Å²) in [5.74, 6) is 0.0232. The Kier molecular flexibility index (Phi) is 8.70. The van der Waals surface area contributed by atoms with Crippen LogP contribution in [0.1, 0.15) is 37.4 Å². The molecule has 1 aliphatic heterocycles. The smallest absolute Gasteiger partial charge is 0.228 e. The number of benzene rings is 2. The lowest BCUT2D eigenvalue weighted by Gasteiger charge is -2.36. The van der Waals surface area contributed by atoms with E-state index in [1.165, 1.54) is 5.69 Å². The Labute approximate surface area is 214 Å². The highest BCUT2D eigenvalue weighted by atomic mass is 16.1. The van der Waals surface area contributed by atoms with Crippen LogP contribution in [0.3, 0.4) is 0 Å². The molecule has 0 aliphatic carbocycles. The average molecular weight is 482 g/mol. The van der Waals surface area contributed by atoms with Crippen molar-refractivity contribution in [2.45, 2.75) is 32.7 Å². The van der Waals surface area contributed by atoms with Crippen LogP contribution in [0.15, 0.2) is 72.9 Å². The summed E-state index contributed by atoms with van der Waals surface area (Å²) < 4.78 is 0. The number of carbonyl (C=O) groups is 1. The van der Waals surface area contributed by atoms with Crippen molar-refractivity contribution < 1.29 is 4.79 Å². The number of pyridine rings is 1. The Hall–Kier alpha value is -3.69. The summed E-state index contributed by atoms with van der Waals surface area (Å²) in [7, 11) is 0. The van der Waals surface area contributed by atoms with E-state index in [0.29, 0.717) is 5.92 Å². The number of nitriles is 1. The lowest BCUT2D eigenvalue weighted by molar-refractivity contribution is -0.122. The number of aromatic nitrogens is 1. The molecule has 3 aromatic rings. The fourth-order valence-corrected chi connectivity index (χ4v) is 4.80. The summed E-state index contributed by atoms with van der Waals surface area (Å²) in [6.07, 6.45) is 2.60. The minimum atomic E-state index is -0.264. The third-order valence-corrected chi connectivity index (χ3v) is 6.70. The molecule has 0 spiro atoms. The van der Waals surface area contributed by atoms with Crippen molar-refractivity contribution in [3.8, 4) is 17.2 Å².